The lowest BCUT2D eigenvalue weighted by molar-refractivity contribution is 0.392. The molecule has 136 valence electrons. The average Bonchev–Trinajstić information content (AvgIpc) is 3.10. The highest BCUT2D eigenvalue weighted by Crippen LogP contribution is 2.28. The summed E-state index contributed by atoms with van der Waals surface area (Å²) in [5.74, 6) is 0.613. The number of nitrogens with one attached hydrogen (secondary N) is 2. The molecule has 0 aliphatic rings. The van der Waals surface area contributed by atoms with Crippen molar-refractivity contribution in [3.05, 3.63) is 54.2 Å². The highest BCUT2D eigenvalue weighted by molar-refractivity contribution is 7.89. The third-order valence-electron chi connectivity index (χ3n) is 3.97. The van der Waals surface area contributed by atoms with Crippen LogP contribution in [0.2, 0.25) is 0 Å². The molecule has 0 aliphatic heterocycles. The molecule has 2 N–H and O–H groups in total. The molecule has 0 bridgehead atoms. The molecule has 0 saturated carbocycles. The Bertz CT molecular complexity index is 1070. The third-order valence-corrected chi connectivity index (χ3v) is 5.20. The minimum atomic E-state index is -3.93. The molecule has 0 amide bonds. The molecule has 3 aromatic rings. The molecule has 1 heterocycles. The summed E-state index contributed by atoms with van der Waals surface area (Å²) in [6.45, 7) is 1.74. The first kappa shape index (κ1) is 17.8. The number of benzene rings is 2. The molecule has 2 aromatic carbocycles. The number of ether oxygens (including phenoxy) is 2. The van der Waals surface area contributed by atoms with Crippen molar-refractivity contribution in [2.24, 2.45) is 5.10 Å². The molecule has 3 rings (SSSR count). The van der Waals surface area contributed by atoms with Gasteiger partial charge in [-0.2, -0.15) is 18.4 Å². The van der Waals surface area contributed by atoms with Crippen LogP contribution in [0.5, 0.6) is 11.5 Å². The van der Waals surface area contributed by atoms with Gasteiger partial charge < -0.3 is 14.5 Å². The second-order valence-corrected chi connectivity index (χ2v) is 7.19. The van der Waals surface area contributed by atoms with Crippen molar-refractivity contribution in [3.8, 4) is 11.5 Å². The maximum absolute atomic E-state index is 12.7. The van der Waals surface area contributed by atoms with Gasteiger partial charge in [-0.1, -0.05) is 18.2 Å². The summed E-state index contributed by atoms with van der Waals surface area (Å²) in [5, 5.41) is 5.02. The van der Waals surface area contributed by atoms with Crippen molar-refractivity contribution in [2.45, 2.75) is 11.8 Å². The molecule has 7 nitrogen and oxygen atoms in total. The van der Waals surface area contributed by atoms with E-state index in [-0.39, 0.29) is 10.6 Å². The fourth-order valence-corrected chi connectivity index (χ4v) is 3.65. The van der Waals surface area contributed by atoms with Gasteiger partial charge in [0.2, 0.25) is 0 Å². The van der Waals surface area contributed by atoms with Crippen LogP contribution in [0.15, 0.2) is 58.7 Å². The monoisotopic (exact) mass is 373 g/mol. The van der Waals surface area contributed by atoms with E-state index in [0.29, 0.717) is 11.5 Å². The van der Waals surface area contributed by atoms with Crippen LogP contribution in [0.4, 0.5) is 0 Å². The van der Waals surface area contributed by atoms with E-state index in [1.807, 2.05) is 24.3 Å². The number of fused-ring (bicyclic) bond motifs is 1. The summed E-state index contributed by atoms with van der Waals surface area (Å²) in [6, 6.07) is 12.3. The van der Waals surface area contributed by atoms with Gasteiger partial charge in [-0.15, -0.1) is 0 Å². The van der Waals surface area contributed by atoms with Crippen molar-refractivity contribution in [2.75, 3.05) is 14.2 Å². The predicted molar refractivity (Wildman–Crippen MR) is 100 cm³/mol. The van der Waals surface area contributed by atoms with E-state index < -0.39 is 10.0 Å². The summed E-state index contributed by atoms with van der Waals surface area (Å²) in [7, 11) is -1.06. The van der Waals surface area contributed by atoms with Gasteiger partial charge in [-0.25, -0.2) is 0 Å². The number of para-hydroxylation sites is 1. The van der Waals surface area contributed by atoms with Gasteiger partial charge in [0.25, 0.3) is 10.0 Å². The van der Waals surface area contributed by atoms with E-state index in [9.17, 15) is 8.42 Å². The minimum Gasteiger partial charge on any atom is -0.497 e. The number of aromatic amines is 1. The largest absolute Gasteiger partial charge is 0.497 e. The summed E-state index contributed by atoms with van der Waals surface area (Å²) < 4.78 is 35.5. The van der Waals surface area contributed by atoms with Crippen molar-refractivity contribution in [3.63, 3.8) is 0 Å². The van der Waals surface area contributed by atoms with Crippen LogP contribution in [-0.4, -0.2) is 33.3 Å². The molecule has 0 unspecified atom stereocenters. The molecular weight excluding hydrogens is 354 g/mol. The van der Waals surface area contributed by atoms with Gasteiger partial charge in [0.15, 0.2) is 0 Å². The van der Waals surface area contributed by atoms with Crippen LogP contribution >= 0.6 is 0 Å². The van der Waals surface area contributed by atoms with Crippen LogP contribution in [0.1, 0.15) is 12.5 Å². The number of H-pyrrole nitrogens is 1. The lowest BCUT2D eigenvalue weighted by atomic mass is 10.1. The summed E-state index contributed by atoms with van der Waals surface area (Å²) >= 11 is 0. The molecule has 0 spiro atoms. The Labute approximate surface area is 151 Å². The molecule has 0 fully saturated rings. The Kier molecular flexibility index (Phi) is 4.85. The molecule has 26 heavy (non-hydrogen) atoms. The van der Waals surface area contributed by atoms with Crippen LogP contribution < -0.4 is 14.3 Å². The Morgan fingerprint density at radius 1 is 1.12 bits per heavy atom. The Hall–Kier alpha value is -3.00. The Balaban J connectivity index is 1.94. The van der Waals surface area contributed by atoms with Crippen LogP contribution in [-0.2, 0) is 10.0 Å². The number of hydrogen-bond donors (Lipinski definition) is 2. The van der Waals surface area contributed by atoms with Gasteiger partial charge in [0.05, 0.1) is 19.9 Å². The number of hydrazone groups is 1. The second kappa shape index (κ2) is 7.09. The lowest BCUT2D eigenvalue weighted by Gasteiger charge is -2.11. The summed E-state index contributed by atoms with van der Waals surface area (Å²) in [5.41, 5.74) is 2.31. The maximum atomic E-state index is 12.7. The molecule has 0 radical (unpaired) electrons. The summed E-state index contributed by atoms with van der Waals surface area (Å²) in [6.07, 6.45) is 1.80. The molecule has 0 saturated heterocycles. The van der Waals surface area contributed by atoms with Crippen LogP contribution in [0, 0.1) is 0 Å². The smallest absolute Gasteiger partial charge is 0.280 e. The number of sulfonamides is 1. The summed E-state index contributed by atoms with van der Waals surface area (Å²) in [4.78, 5) is 5.35. The van der Waals surface area contributed by atoms with Gasteiger partial charge in [0, 0.05) is 28.7 Å². The van der Waals surface area contributed by atoms with Gasteiger partial charge in [-0.3, -0.25) is 0 Å². The average molecular weight is 373 g/mol. The second-order valence-electron chi connectivity index (χ2n) is 5.56. The van der Waals surface area contributed by atoms with Crippen molar-refractivity contribution in [1.82, 2.24) is 9.82 Å². The zero-order valence-electron chi connectivity index (χ0n) is 14.6. The number of hydrogen-bond acceptors (Lipinski definition) is 5. The minimum absolute atomic E-state index is 0.0465. The third kappa shape index (κ3) is 3.36. The Morgan fingerprint density at radius 3 is 2.62 bits per heavy atom. The van der Waals surface area contributed by atoms with E-state index in [1.165, 1.54) is 26.4 Å². The van der Waals surface area contributed by atoms with Crippen molar-refractivity contribution < 1.29 is 17.9 Å². The highest BCUT2D eigenvalue weighted by Gasteiger charge is 2.20. The number of rotatable bonds is 6. The van der Waals surface area contributed by atoms with Crippen molar-refractivity contribution in [1.29, 1.82) is 0 Å². The van der Waals surface area contributed by atoms with Crippen LogP contribution in [0.25, 0.3) is 10.9 Å². The topological polar surface area (TPSA) is 92.8 Å². The fourth-order valence-electron chi connectivity index (χ4n) is 2.60. The molecule has 0 atom stereocenters. The zero-order chi connectivity index (χ0) is 18.7. The van der Waals surface area contributed by atoms with E-state index in [1.54, 1.807) is 19.2 Å². The predicted octanol–water partition coefficient (Wildman–Crippen LogP) is 2.89. The van der Waals surface area contributed by atoms with E-state index in [4.69, 9.17) is 9.47 Å². The fraction of sp³-hybridized carbons (Fsp3) is 0.167. The first-order chi connectivity index (χ1) is 12.5. The molecular formula is C18H19N3O4S. The maximum Gasteiger partial charge on any atom is 0.280 e. The molecule has 0 aliphatic carbocycles. The first-order valence-corrected chi connectivity index (χ1v) is 9.29. The van der Waals surface area contributed by atoms with E-state index in [0.717, 1.165) is 16.5 Å². The number of nitrogens with zero attached hydrogens (tertiary/aromatic N) is 1. The number of methoxy groups -OCH3 is 2. The quantitative estimate of drug-likeness (QED) is 0.513. The SMILES string of the molecule is COc1ccc(OC)c(S(=O)(=O)N/N=C(\C)c2c[nH]c3ccccc23)c1. The molecule has 1 aromatic heterocycles. The lowest BCUT2D eigenvalue weighted by Crippen LogP contribution is -2.20. The van der Waals surface area contributed by atoms with E-state index in [2.05, 4.69) is 14.9 Å². The van der Waals surface area contributed by atoms with Gasteiger partial charge in [0.1, 0.15) is 16.4 Å². The van der Waals surface area contributed by atoms with Gasteiger partial charge in [-0.05, 0) is 25.1 Å². The zero-order valence-corrected chi connectivity index (χ0v) is 15.4. The van der Waals surface area contributed by atoms with E-state index >= 15 is 0 Å². The standard InChI is InChI=1S/C18H19N3O4S/c1-12(15-11-19-16-7-5-4-6-14(15)16)20-21-26(22,23)18-10-13(24-2)8-9-17(18)25-3/h4-11,19,21H,1-3H3/b20-12+. The Morgan fingerprint density at radius 2 is 1.88 bits per heavy atom. The van der Waals surface area contributed by atoms with Gasteiger partial charge >= 0.3 is 0 Å². The molecule has 8 heteroatoms. The first-order valence-electron chi connectivity index (χ1n) is 7.81. The van der Waals surface area contributed by atoms with Crippen molar-refractivity contribution >= 4 is 26.6 Å². The normalized spacial score (nSPS) is 12.2. The van der Waals surface area contributed by atoms with Crippen LogP contribution in [0.3, 0.4) is 0 Å². The highest BCUT2D eigenvalue weighted by atomic mass is 32.2. The number of aromatic nitrogens is 1.